The van der Waals surface area contributed by atoms with Gasteiger partial charge < -0.3 is 14.6 Å². The Bertz CT molecular complexity index is 1400. The fraction of sp³-hybridized carbons (Fsp3) is 0.250. The summed E-state index contributed by atoms with van der Waals surface area (Å²) in [5.74, 6) is 0.106. The van der Waals surface area contributed by atoms with E-state index in [0.717, 1.165) is 0 Å². The predicted octanol–water partition coefficient (Wildman–Crippen LogP) is 4.47. The second-order valence-electron chi connectivity index (χ2n) is 7.95. The first-order valence-corrected chi connectivity index (χ1v) is 13.3. The molecule has 3 aromatic carbocycles. The third kappa shape index (κ3) is 4.83. The molecule has 0 aliphatic carbocycles. The Morgan fingerprint density at radius 3 is 1.74 bits per heavy atom. The monoisotopic (exact) mass is 505 g/mol. The lowest BCUT2D eigenvalue weighted by Crippen LogP contribution is -2.17. The van der Waals surface area contributed by atoms with E-state index in [-0.39, 0.29) is 31.5 Å². The van der Waals surface area contributed by atoms with Crippen LogP contribution in [-0.2, 0) is 19.9 Å². The summed E-state index contributed by atoms with van der Waals surface area (Å²) in [7, 11) is -5.32. The molecule has 0 radical (unpaired) electrons. The van der Waals surface area contributed by atoms with Crippen molar-refractivity contribution < 1.29 is 31.4 Å². The molecule has 0 atom stereocenters. The number of hydrogen-bond acceptors (Lipinski definition) is 7. The van der Waals surface area contributed by atoms with Crippen molar-refractivity contribution in [3.05, 3.63) is 65.7 Å². The van der Waals surface area contributed by atoms with E-state index in [0.29, 0.717) is 11.5 Å². The molecule has 34 heavy (non-hydrogen) atoms. The van der Waals surface area contributed by atoms with Crippen LogP contribution in [0.15, 0.2) is 69.3 Å². The van der Waals surface area contributed by atoms with Gasteiger partial charge in [0.1, 0.15) is 22.1 Å². The molecule has 0 saturated carbocycles. The highest BCUT2D eigenvalue weighted by molar-refractivity contribution is 7.93. The number of sulfone groups is 1. The van der Waals surface area contributed by atoms with Crippen molar-refractivity contribution in [3.63, 3.8) is 0 Å². The standard InChI is InChI=1S/C24H27NO7S2/c1-15(2)22-21(25-34(29,30)20-12-8-18(32-5)9-13-20)14-16(3)23(26)24(22)33(27,28)19-10-6-17(31-4)7-11-19/h6-15,25-26H,1-5H3. The lowest BCUT2D eigenvalue weighted by Gasteiger charge is -2.22. The number of aromatic hydroxyl groups is 1. The van der Waals surface area contributed by atoms with Crippen molar-refractivity contribution >= 4 is 25.5 Å². The van der Waals surface area contributed by atoms with Crippen molar-refractivity contribution in [2.24, 2.45) is 0 Å². The van der Waals surface area contributed by atoms with E-state index < -0.39 is 31.5 Å². The molecule has 3 rings (SSSR count). The Morgan fingerprint density at radius 1 is 0.824 bits per heavy atom. The molecular weight excluding hydrogens is 478 g/mol. The van der Waals surface area contributed by atoms with Gasteiger partial charge in [-0.15, -0.1) is 0 Å². The zero-order valence-corrected chi connectivity index (χ0v) is 21.1. The van der Waals surface area contributed by atoms with Crippen molar-refractivity contribution in [3.8, 4) is 17.2 Å². The maximum absolute atomic E-state index is 13.6. The number of phenols is 1. The van der Waals surface area contributed by atoms with Gasteiger partial charge in [0.2, 0.25) is 9.84 Å². The summed E-state index contributed by atoms with van der Waals surface area (Å²) in [5.41, 5.74) is 0.452. The summed E-state index contributed by atoms with van der Waals surface area (Å²) < 4.78 is 66.1. The highest BCUT2D eigenvalue weighted by Gasteiger charge is 2.31. The molecule has 0 spiro atoms. The molecule has 10 heteroatoms. The topological polar surface area (TPSA) is 119 Å². The molecule has 0 aliphatic heterocycles. The van der Waals surface area contributed by atoms with Gasteiger partial charge in [0.25, 0.3) is 10.0 Å². The number of ether oxygens (including phenoxy) is 2. The first-order valence-electron chi connectivity index (χ1n) is 10.3. The van der Waals surface area contributed by atoms with E-state index in [1.807, 2.05) is 0 Å². The Hall–Kier alpha value is -3.24. The first kappa shape index (κ1) is 25.4. The Labute approximate surface area is 200 Å². The van der Waals surface area contributed by atoms with E-state index in [1.54, 1.807) is 13.8 Å². The van der Waals surface area contributed by atoms with Crippen LogP contribution >= 0.6 is 0 Å². The van der Waals surface area contributed by atoms with Crippen molar-refractivity contribution in [2.45, 2.75) is 41.4 Å². The van der Waals surface area contributed by atoms with Gasteiger partial charge in [0, 0.05) is 5.56 Å². The molecule has 0 unspecified atom stereocenters. The predicted molar refractivity (Wildman–Crippen MR) is 129 cm³/mol. The van der Waals surface area contributed by atoms with Gasteiger partial charge in [-0.3, -0.25) is 4.72 Å². The smallest absolute Gasteiger partial charge is 0.261 e. The lowest BCUT2D eigenvalue weighted by atomic mass is 9.99. The SMILES string of the molecule is COc1ccc(S(=O)(=O)Nc2cc(C)c(O)c(S(=O)(=O)c3ccc(OC)cc3)c2C(C)C)cc1. The molecule has 8 nitrogen and oxygen atoms in total. The average Bonchev–Trinajstić information content (AvgIpc) is 2.80. The van der Waals surface area contributed by atoms with Crippen molar-refractivity contribution in [2.75, 3.05) is 18.9 Å². The molecule has 2 N–H and O–H groups in total. The highest BCUT2D eigenvalue weighted by Crippen LogP contribution is 2.42. The quantitative estimate of drug-likeness (QED) is 0.433. The van der Waals surface area contributed by atoms with Crippen LogP contribution in [0.3, 0.4) is 0 Å². The van der Waals surface area contributed by atoms with E-state index in [2.05, 4.69) is 4.72 Å². The number of rotatable bonds is 8. The summed E-state index contributed by atoms with van der Waals surface area (Å²) in [4.78, 5) is -0.409. The minimum atomic E-state index is -4.20. The van der Waals surface area contributed by atoms with Crippen molar-refractivity contribution in [1.82, 2.24) is 0 Å². The molecule has 0 bridgehead atoms. The maximum Gasteiger partial charge on any atom is 0.261 e. The third-order valence-corrected chi connectivity index (χ3v) is 8.54. The summed E-state index contributed by atoms with van der Waals surface area (Å²) in [6.45, 7) is 4.96. The van der Waals surface area contributed by atoms with Gasteiger partial charge in [-0.1, -0.05) is 13.8 Å². The zero-order valence-electron chi connectivity index (χ0n) is 19.5. The van der Waals surface area contributed by atoms with Gasteiger partial charge in [-0.2, -0.15) is 0 Å². The van der Waals surface area contributed by atoms with Gasteiger partial charge in [0.05, 0.1) is 29.7 Å². The van der Waals surface area contributed by atoms with Gasteiger partial charge in [0.15, 0.2) is 0 Å². The van der Waals surface area contributed by atoms with Crippen LogP contribution in [0.5, 0.6) is 17.2 Å². The van der Waals surface area contributed by atoms with Crippen LogP contribution in [0.25, 0.3) is 0 Å². The molecule has 0 amide bonds. The fourth-order valence-electron chi connectivity index (χ4n) is 3.55. The number of benzene rings is 3. The average molecular weight is 506 g/mol. The molecule has 0 heterocycles. The van der Waals surface area contributed by atoms with E-state index in [9.17, 15) is 21.9 Å². The minimum absolute atomic E-state index is 0.0201. The van der Waals surface area contributed by atoms with Crippen LogP contribution < -0.4 is 14.2 Å². The maximum atomic E-state index is 13.6. The number of nitrogens with one attached hydrogen (secondary N) is 1. The highest BCUT2D eigenvalue weighted by atomic mass is 32.2. The van der Waals surface area contributed by atoms with E-state index in [4.69, 9.17) is 9.47 Å². The zero-order chi connectivity index (χ0) is 25.3. The third-order valence-electron chi connectivity index (χ3n) is 5.31. The Morgan fingerprint density at radius 2 is 1.29 bits per heavy atom. The molecule has 182 valence electrons. The second kappa shape index (κ2) is 9.55. The largest absolute Gasteiger partial charge is 0.506 e. The second-order valence-corrected chi connectivity index (χ2v) is 11.5. The summed E-state index contributed by atoms with van der Waals surface area (Å²) >= 11 is 0. The van der Waals surface area contributed by atoms with Crippen molar-refractivity contribution in [1.29, 1.82) is 0 Å². The number of anilines is 1. The molecule has 0 saturated heterocycles. The van der Waals surface area contributed by atoms with Crippen LogP contribution in [0, 0.1) is 6.92 Å². The molecular formula is C24H27NO7S2. The van der Waals surface area contributed by atoms with E-state index in [1.165, 1.54) is 75.7 Å². The first-order chi connectivity index (χ1) is 15.9. The minimum Gasteiger partial charge on any atom is -0.506 e. The number of hydrogen-bond donors (Lipinski definition) is 2. The summed E-state index contributed by atoms with van der Waals surface area (Å²) in [5, 5.41) is 10.8. The van der Waals surface area contributed by atoms with Crippen LogP contribution in [0.2, 0.25) is 0 Å². The molecule has 3 aromatic rings. The van der Waals surface area contributed by atoms with E-state index >= 15 is 0 Å². The molecule has 0 fully saturated rings. The fourth-order valence-corrected chi connectivity index (χ4v) is 6.40. The van der Waals surface area contributed by atoms with Gasteiger partial charge in [-0.05, 0) is 73.0 Å². The molecule has 0 aromatic heterocycles. The normalized spacial score (nSPS) is 11.9. The number of methoxy groups -OCH3 is 2. The summed E-state index contributed by atoms with van der Waals surface area (Å²) in [6, 6.07) is 13.0. The Kier molecular flexibility index (Phi) is 7.13. The molecule has 0 aliphatic rings. The van der Waals surface area contributed by atoms with Gasteiger partial charge >= 0.3 is 0 Å². The number of aryl methyl sites for hydroxylation is 1. The number of phenolic OH excluding ortho intramolecular Hbond substituents is 1. The van der Waals surface area contributed by atoms with Gasteiger partial charge in [-0.25, -0.2) is 16.8 Å². The van der Waals surface area contributed by atoms with Crippen LogP contribution in [0.1, 0.15) is 30.9 Å². The summed E-state index contributed by atoms with van der Waals surface area (Å²) in [6.07, 6.45) is 0. The number of sulfonamides is 1. The lowest BCUT2D eigenvalue weighted by molar-refractivity contribution is 0.414. The van der Waals surface area contributed by atoms with Crippen LogP contribution in [-0.4, -0.2) is 36.2 Å². The van der Waals surface area contributed by atoms with Crippen LogP contribution in [0.4, 0.5) is 5.69 Å². The Balaban J connectivity index is 2.20.